The minimum absolute atomic E-state index is 0.142. The van der Waals surface area contributed by atoms with Crippen LogP contribution in [0.25, 0.3) is 0 Å². The molecule has 2 aliphatic rings. The molecule has 0 fully saturated rings. The summed E-state index contributed by atoms with van der Waals surface area (Å²) in [6.07, 6.45) is 9.08. The van der Waals surface area contributed by atoms with Crippen LogP contribution < -0.4 is 0 Å². The van der Waals surface area contributed by atoms with Crippen LogP contribution in [-0.4, -0.2) is 23.2 Å². The van der Waals surface area contributed by atoms with Crippen LogP contribution in [0.4, 0.5) is 0 Å². The average Bonchev–Trinajstić information content (AvgIpc) is 2.04. The van der Waals surface area contributed by atoms with Crippen molar-refractivity contribution in [3.05, 3.63) is 30.8 Å². The summed E-state index contributed by atoms with van der Waals surface area (Å²) in [7, 11) is 0. The van der Waals surface area contributed by atoms with Crippen molar-refractivity contribution in [1.82, 2.24) is 4.90 Å². The quantitative estimate of drug-likeness (QED) is 0.500. The van der Waals surface area contributed by atoms with Crippen molar-refractivity contribution in [3.63, 3.8) is 0 Å². The van der Waals surface area contributed by atoms with Crippen molar-refractivity contribution in [1.29, 1.82) is 0 Å². The molecule has 0 N–H and O–H groups in total. The number of amides is 1. The minimum atomic E-state index is -0.142. The van der Waals surface area contributed by atoms with Gasteiger partial charge in [-0.1, -0.05) is 6.08 Å². The molecule has 0 saturated carbocycles. The average molecular weight is 147 g/mol. The number of nitrogens with zero attached hydrogens (tertiary/aromatic N) is 2. The van der Waals surface area contributed by atoms with Crippen molar-refractivity contribution < 1.29 is 4.79 Å². The standard InChI is InChI=1S/C8H7N2O/c11-8-4-6-10-5-2-1-3-7(10)9-8/h1-5H,6H2. The molecule has 1 amide bonds. The molecule has 2 aliphatic heterocycles. The van der Waals surface area contributed by atoms with Crippen LogP contribution in [-0.2, 0) is 4.79 Å². The molecule has 0 saturated heterocycles. The SMILES string of the molecule is O=C1[CH]CN2C=CC=CC2=N1. The first-order valence-corrected chi connectivity index (χ1v) is 3.43. The molecule has 3 heteroatoms. The van der Waals surface area contributed by atoms with Gasteiger partial charge in [-0.2, -0.15) is 4.99 Å². The van der Waals surface area contributed by atoms with Gasteiger partial charge in [0.25, 0.3) is 5.91 Å². The van der Waals surface area contributed by atoms with E-state index in [1.807, 2.05) is 29.3 Å². The Morgan fingerprint density at radius 3 is 3.27 bits per heavy atom. The van der Waals surface area contributed by atoms with Gasteiger partial charge in [0, 0.05) is 12.7 Å². The summed E-state index contributed by atoms with van der Waals surface area (Å²) in [5.74, 6) is 0.594. The van der Waals surface area contributed by atoms with Crippen LogP contribution in [0.2, 0.25) is 0 Å². The highest BCUT2D eigenvalue weighted by molar-refractivity contribution is 6.06. The summed E-state index contributed by atoms with van der Waals surface area (Å²) in [5, 5.41) is 0. The first-order chi connectivity index (χ1) is 5.36. The number of allylic oxidation sites excluding steroid dienone is 2. The number of rotatable bonds is 0. The van der Waals surface area contributed by atoms with Gasteiger partial charge in [-0.05, 0) is 12.2 Å². The Hall–Kier alpha value is -1.38. The van der Waals surface area contributed by atoms with E-state index < -0.39 is 0 Å². The normalized spacial score (nSPS) is 21.6. The summed E-state index contributed by atoms with van der Waals surface area (Å²) in [5.41, 5.74) is 0. The number of carbonyl (C=O) groups is 1. The molecular formula is C8H7N2O. The number of amidine groups is 1. The lowest BCUT2D eigenvalue weighted by atomic mass is 10.2. The zero-order chi connectivity index (χ0) is 7.68. The highest BCUT2D eigenvalue weighted by atomic mass is 16.1. The molecule has 1 radical (unpaired) electrons. The molecular weight excluding hydrogens is 140 g/mol. The highest BCUT2D eigenvalue weighted by Gasteiger charge is 2.16. The van der Waals surface area contributed by atoms with Crippen LogP contribution in [0.3, 0.4) is 0 Å². The van der Waals surface area contributed by atoms with E-state index in [1.54, 1.807) is 6.42 Å². The van der Waals surface area contributed by atoms with Crippen molar-refractivity contribution in [2.45, 2.75) is 0 Å². The van der Waals surface area contributed by atoms with Crippen LogP contribution in [0.5, 0.6) is 0 Å². The van der Waals surface area contributed by atoms with Crippen molar-refractivity contribution in [3.8, 4) is 0 Å². The van der Waals surface area contributed by atoms with Gasteiger partial charge in [0.15, 0.2) is 0 Å². The van der Waals surface area contributed by atoms with Crippen molar-refractivity contribution >= 4 is 11.7 Å². The van der Waals surface area contributed by atoms with E-state index in [0.29, 0.717) is 6.54 Å². The van der Waals surface area contributed by atoms with E-state index in [2.05, 4.69) is 4.99 Å². The third-order valence-corrected chi connectivity index (χ3v) is 1.60. The maximum absolute atomic E-state index is 10.8. The Labute approximate surface area is 64.7 Å². The van der Waals surface area contributed by atoms with Gasteiger partial charge in [-0.3, -0.25) is 4.79 Å². The van der Waals surface area contributed by atoms with E-state index in [-0.39, 0.29) is 5.91 Å². The molecule has 0 aromatic carbocycles. The zero-order valence-electron chi connectivity index (χ0n) is 5.90. The van der Waals surface area contributed by atoms with Crippen molar-refractivity contribution in [2.75, 3.05) is 6.54 Å². The van der Waals surface area contributed by atoms with Gasteiger partial charge in [0.05, 0.1) is 6.42 Å². The van der Waals surface area contributed by atoms with Crippen LogP contribution >= 0.6 is 0 Å². The smallest absolute Gasteiger partial charge is 0.253 e. The van der Waals surface area contributed by atoms with Gasteiger partial charge >= 0.3 is 0 Å². The Bertz CT molecular complexity index is 276. The number of aliphatic imine (C=N–C) groups is 1. The summed E-state index contributed by atoms with van der Waals surface area (Å²) in [6.45, 7) is 0.637. The molecule has 0 aromatic rings. The lowest BCUT2D eigenvalue weighted by Gasteiger charge is -2.24. The van der Waals surface area contributed by atoms with Crippen LogP contribution in [0.1, 0.15) is 0 Å². The van der Waals surface area contributed by atoms with Crippen LogP contribution in [0, 0.1) is 6.42 Å². The maximum atomic E-state index is 10.8. The maximum Gasteiger partial charge on any atom is 0.253 e. The topological polar surface area (TPSA) is 32.7 Å². The molecule has 2 rings (SSSR count). The lowest BCUT2D eigenvalue weighted by Crippen LogP contribution is -2.33. The fourth-order valence-corrected chi connectivity index (χ4v) is 1.06. The molecule has 55 valence electrons. The Balaban J connectivity index is 2.33. The van der Waals surface area contributed by atoms with E-state index in [1.165, 1.54) is 0 Å². The second-order valence-corrected chi connectivity index (χ2v) is 2.37. The third-order valence-electron chi connectivity index (χ3n) is 1.60. The predicted octanol–water partition coefficient (Wildman–Crippen LogP) is 0.515. The van der Waals surface area contributed by atoms with Crippen LogP contribution in [0.15, 0.2) is 29.4 Å². The predicted molar refractivity (Wildman–Crippen MR) is 41.7 cm³/mol. The Morgan fingerprint density at radius 2 is 2.36 bits per heavy atom. The molecule has 0 bridgehead atoms. The molecule has 0 atom stereocenters. The number of fused-ring (bicyclic) bond motifs is 1. The lowest BCUT2D eigenvalue weighted by molar-refractivity contribution is -0.115. The molecule has 11 heavy (non-hydrogen) atoms. The van der Waals surface area contributed by atoms with Crippen molar-refractivity contribution in [2.24, 2.45) is 4.99 Å². The Kier molecular flexibility index (Phi) is 1.35. The van der Waals surface area contributed by atoms with Gasteiger partial charge in [0.2, 0.25) is 0 Å². The molecule has 0 aliphatic carbocycles. The zero-order valence-corrected chi connectivity index (χ0v) is 5.90. The van der Waals surface area contributed by atoms with Gasteiger partial charge in [-0.15, -0.1) is 0 Å². The molecule has 3 nitrogen and oxygen atoms in total. The van der Waals surface area contributed by atoms with E-state index in [9.17, 15) is 4.79 Å². The summed E-state index contributed by atoms with van der Waals surface area (Å²) >= 11 is 0. The molecule has 0 spiro atoms. The fourth-order valence-electron chi connectivity index (χ4n) is 1.06. The molecule has 2 heterocycles. The largest absolute Gasteiger partial charge is 0.332 e. The van der Waals surface area contributed by atoms with E-state index in [0.717, 1.165) is 5.84 Å². The first-order valence-electron chi connectivity index (χ1n) is 3.43. The summed E-state index contributed by atoms with van der Waals surface area (Å²) < 4.78 is 0. The van der Waals surface area contributed by atoms with Gasteiger partial charge < -0.3 is 4.90 Å². The number of hydrogen-bond donors (Lipinski definition) is 0. The third kappa shape index (κ3) is 1.09. The number of hydrogen-bond acceptors (Lipinski definition) is 2. The summed E-state index contributed by atoms with van der Waals surface area (Å²) in [4.78, 5) is 16.5. The van der Waals surface area contributed by atoms with E-state index >= 15 is 0 Å². The summed E-state index contributed by atoms with van der Waals surface area (Å²) in [6, 6.07) is 0. The number of carbonyl (C=O) groups excluding carboxylic acids is 1. The second kappa shape index (κ2) is 2.34. The Morgan fingerprint density at radius 1 is 1.45 bits per heavy atom. The fraction of sp³-hybridized carbons (Fsp3) is 0.125. The van der Waals surface area contributed by atoms with E-state index in [4.69, 9.17) is 0 Å². The highest BCUT2D eigenvalue weighted by Crippen LogP contribution is 2.08. The first kappa shape index (κ1) is 6.34. The monoisotopic (exact) mass is 147 g/mol. The van der Waals surface area contributed by atoms with Gasteiger partial charge in [0.1, 0.15) is 5.84 Å². The second-order valence-electron chi connectivity index (χ2n) is 2.37. The molecule has 0 aromatic heterocycles. The van der Waals surface area contributed by atoms with Gasteiger partial charge in [-0.25, -0.2) is 0 Å². The molecule has 0 unspecified atom stereocenters. The minimum Gasteiger partial charge on any atom is -0.332 e.